The minimum atomic E-state index is -1.37. The monoisotopic (exact) mass is 668 g/mol. The number of halogens is 2. The van der Waals surface area contributed by atoms with Gasteiger partial charge in [-0.15, -0.1) is 4.72 Å². The van der Waals surface area contributed by atoms with Crippen molar-refractivity contribution in [2.75, 3.05) is 19.8 Å². The smallest absolute Gasteiger partial charge is 0.255 e. The molecule has 0 saturated carbocycles. The zero-order valence-electron chi connectivity index (χ0n) is 26.7. The molecule has 3 aromatic rings. The number of aromatic nitrogens is 3. The van der Waals surface area contributed by atoms with Crippen molar-refractivity contribution < 1.29 is 27.6 Å². The average molecular weight is 669 g/mol. The second-order valence-corrected chi connectivity index (χ2v) is 21.3. The topological polar surface area (TPSA) is 107 Å². The van der Waals surface area contributed by atoms with Gasteiger partial charge in [-0.25, -0.2) is 14.4 Å². The second-order valence-electron chi connectivity index (χ2n) is 13.3. The Morgan fingerprint density at radius 1 is 1.16 bits per heavy atom. The van der Waals surface area contributed by atoms with Gasteiger partial charge in [0.1, 0.15) is 29.4 Å². The van der Waals surface area contributed by atoms with Crippen LogP contribution in [0.4, 0.5) is 4.39 Å². The zero-order valence-corrected chi connectivity index (χ0v) is 29.2. The number of nitrogens with one attached hydrogen (secondary N) is 1. The molecule has 2 aromatic heterocycles. The van der Waals surface area contributed by atoms with E-state index in [4.69, 9.17) is 35.2 Å². The van der Waals surface area contributed by atoms with Crippen molar-refractivity contribution in [1.82, 2.24) is 19.3 Å². The van der Waals surface area contributed by atoms with Gasteiger partial charge in [-0.1, -0.05) is 44.1 Å². The fourth-order valence-corrected chi connectivity index (χ4v) is 6.85. The lowest BCUT2D eigenvalue weighted by atomic mass is 10.0. The maximum Gasteiger partial charge on any atom is 0.255 e. The van der Waals surface area contributed by atoms with Crippen LogP contribution in [0.5, 0.6) is 0 Å². The Kier molecular flexibility index (Phi) is 12.1. The van der Waals surface area contributed by atoms with Crippen LogP contribution in [0.25, 0.3) is 11.4 Å². The molecular weight excluding hydrogens is 623 g/mol. The molecule has 0 amide bonds. The van der Waals surface area contributed by atoms with Gasteiger partial charge in [-0.05, 0) is 63.9 Å². The molecule has 0 bridgehead atoms. The summed E-state index contributed by atoms with van der Waals surface area (Å²) in [5.41, 5.74) is 1.42. The Morgan fingerprint density at radius 2 is 1.86 bits per heavy atom. The Hall–Kier alpha value is -1.77. The van der Waals surface area contributed by atoms with Crippen LogP contribution in [0.1, 0.15) is 70.5 Å². The van der Waals surface area contributed by atoms with E-state index in [9.17, 15) is 8.94 Å². The van der Waals surface area contributed by atoms with Gasteiger partial charge in [0.15, 0.2) is 5.15 Å². The van der Waals surface area contributed by atoms with Gasteiger partial charge in [-0.3, -0.25) is 0 Å². The molecule has 1 aliphatic rings. The van der Waals surface area contributed by atoms with Gasteiger partial charge >= 0.3 is 0 Å². The van der Waals surface area contributed by atoms with E-state index in [2.05, 4.69) is 29.3 Å². The van der Waals surface area contributed by atoms with Crippen molar-refractivity contribution in [2.24, 2.45) is 0 Å². The number of oxazole rings is 1. The van der Waals surface area contributed by atoms with Crippen molar-refractivity contribution >= 4 is 31.0 Å². The summed E-state index contributed by atoms with van der Waals surface area (Å²) >= 11 is 5.49. The minimum absolute atomic E-state index is 0.222. The highest BCUT2D eigenvalue weighted by Crippen LogP contribution is 2.37. The normalized spacial score (nSPS) is 16.8. The van der Waals surface area contributed by atoms with E-state index in [1.807, 2.05) is 25.3 Å². The van der Waals surface area contributed by atoms with E-state index in [-0.39, 0.29) is 18.6 Å². The number of rotatable bonds is 16. The molecule has 1 saturated heterocycles. The van der Waals surface area contributed by atoms with Crippen LogP contribution in [-0.2, 0) is 38.1 Å². The van der Waals surface area contributed by atoms with Crippen LogP contribution in [0.3, 0.4) is 0 Å². The molecule has 1 aliphatic heterocycles. The van der Waals surface area contributed by atoms with Crippen molar-refractivity contribution in [3.8, 4) is 11.4 Å². The van der Waals surface area contributed by atoms with Crippen LogP contribution in [0, 0.1) is 5.82 Å². The molecule has 1 N–H and O–H groups in total. The third-order valence-corrected chi connectivity index (χ3v) is 11.0. The quantitative estimate of drug-likeness (QED) is 0.0946. The largest absolute Gasteiger partial charge is 0.598 e. The molecule has 1 aromatic carbocycles. The van der Waals surface area contributed by atoms with Crippen LogP contribution < -0.4 is 4.72 Å². The van der Waals surface area contributed by atoms with E-state index >= 15 is 0 Å². The summed E-state index contributed by atoms with van der Waals surface area (Å²) in [7, 11) is -1.31. The molecular formula is C31H46ClFN4O5SSi. The molecule has 4 rings (SSSR count). The van der Waals surface area contributed by atoms with E-state index < -0.39 is 30.0 Å². The first kappa shape index (κ1) is 35.1. The first-order chi connectivity index (χ1) is 20.8. The number of benzene rings is 1. The van der Waals surface area contributed by atoms with Gasteiger partial charge in [0.2, 0.25) is 5.79 Å². The molecule has 1 unspecified atom stereocenters. The van der Waals surface area contributed by atoms with Crippen LogP contribution >= 0.6 is 11.6 Å². The molecule has 1 fully saturated rings. The summed E-state index contributed by atoms with van der Waals surface area (Å²) in [6.07, 6.45) is 6.86. The highest BCUT2D eigenvalue weighted by Gasteiger charge is 2.42. The molecule has 2 atom stereocenters. The van der Waals surface area contributed by atoms with Crippen molar-refractivity contribution in [2.45, 2.75) is 102 Å². The summed E-state index contributed by atoms with van der Waals surface area (Å²) < 4.78 is 55.5. The SMILES string of the molecule is CC(C)(C)[S@@+]([O-])NC(CCCCCC1(c2ncco2)OCCO1)c1c(Cl)nc(-c2ccc(F)cc2)n1COCC[Si](C)(C)C. The zero-order chi connectivity index (χ0) is 32.0. The average Bonchev–Trinajstić information content (AvgIpc) is 3.71. The Bertz CT molecular complexity index is 1310. The highest BCUT2D eigenvalue weighted by molar-refractivity contribution is 7.90. The summed E-state index contributed by atoms with van der Waals surface area (Å²) in [4.78, 5) is 8.98. The number of unbranched alkanes of at least 4 members (excludes halogenated alkanes) is 2. The van der Waals surface area contributed by atoms with Gasteiger partial charge in [-0.2, -0.15) is 0 Å². The number of imidazole rings is 1. The molecule has 0 aliphatic carbocycles. The number of hydrogen-bond acceptors (Lipinski definition) is 8. The molecule has 244 valence electrons. The van der Waals surface area contributed by atoms with Crippen LogP contribution in [-0.4, -0.2) is 51.7 Å². The van der Waals surface area contributed by atoms with Crippen LogP contribution in [0.2, 0.25) is 30.8 Å². The summed E-state index contributed by atoms with van der Waals surface area (Å²) in [6, 6.07) is 6.81. The fraction of sp³-hybridized carbons (Fsp3) is 0.613. The lowest BCUT2D eigenvalue weighted by Gasteiger charge is -2.29. The summed E-state index contributed by atoms with van der Waals surface area (Å²) in [6.45, 7) is 14.5. The van der Waals surface area contributed by atoms with Gasteiger partial charge in [0.25, 0.3) is 5.89 Å². The maximum atomic E-state index is 13.8. The maximum absolute atomic E-state index is 13.8. The Labute approximate surface area is 269 Å². The minimum Gasteiger partial charge on any atom is -0.598 e. The second kappa shape index (κ2) is 15.2. The van der Waals surface area contributed by atoms with Crippen LogP contribution in [0.15, 0.2) is 41.1 Å². The molecule has 9 nitrogen and oxygen atoms in total. The van der Waals surface area contributed by atoms with Gasteiger partial charge in [0.05, 0.1) is 31.1 Å². The molecule has 13 heteroatoms. The van der Waals surface area contributed by atoms with E-state index in [0.717, 1.165) is 30.9 Å². The summed E-state index contributed by atoms with van der Waals surface area (Å²) in [5.74, 6) is -0.264. The van der Waals surface area contributed by atoms with E-state index in [1.54, 1.807) is 18.3 Å². The predicted octanol–water partition coefficient (Wildman–Crippen LogP) is 7.59. The fourth-order valence-electron chi connectivity index (χ4n) is 4.93. The summed E-state index contributed by atoms with van der Waals surface area (Å²) in [5, 5.41) is 0.303. The first-order valence-electron chi connectivity index (χ1n) is 15.2. The van der Waals surface area contributed by atoms with Gasteiger partial charge in [0, 0.05) is 38.0 Å². The molecule has 0 spiro atoms. The van der Waals surface area contributed by atoms with Crippen molar-refractivity contribution in [3.05, 3.63) is 59.3 Å². The molecule has 0 radical (unpaired) electrons. The van der Waals surface area contributed by atoms with E-state index in [0.29, 0.717) is 55.2 Å². The highest BCUT2D eigenvalue weighted by atomic mass is 35.5. The predicted molar refractivity (Wildman–Crippen MR) is 174 cm³/mol. The first-order valence-corrected chi connectivity index (χ1v) is 20.5. The molecule has 3 heterocycles. The number of hydrogen-bond donors (Lipinski definition) is 1. The molecule has 44 heavy (non-hydrogen) atoms. The number of ether oxygens (including phenoxy) is 3. The van der Waals surface area contributed by atoms with Gasteiger partial charge < -0.3 is 27.7 Å². The third-order valence-electron chi connectivity index (χ3n) is 7.43. The Morgan fingerprint density at radius 3 is 2.48 bits per heavy atom. The standard InChI is InChI=1S/C31H46ClFN4O5SSi/c1-30(2,3)43(38)36-25(10-8-7-9-15-31(41-18-19-42-31)29-34-16-17-40-29)26-27(32)35-28(23-11-13-24(33)14-12-23)37(26)22-39-20-21-44(4,5)6/h11-14,16-17,25,36H,7-10,15,18-22H2,1-6H3/t25?,43-/m1/s1. The number of nitrogens with zero attached hydrogens (tertiary/aromatic N) is 3. The third kappa shape index (κ3) is 9.38. The van der Waals surface area contributed by atoms with Crippen molar-refractivity contribution in [3.63, 3.8) is 0 Å². The Balaban J connectivity index is 1.55. The van der Waals surface area contributed by atoms with E-state index in [1.165, 1.54) is 18.4 Å². The lowest BCUT2D eigenvalue weighted by molar-refractivity contribution is -0.187. The lowest BCUT2D eigenvalue weighted by Crippen LogP contribution is -2.42. The van der Waals surface area contributed by atoms with Crippen molar-refractivity contribution in [1.29, 1.82) is 0 Å².